The highest BCUT2D eigenvalue weighted by molar-refractivity contribution is 5.76. The van der Waals surface area contributed by atoms with E-state index in [2.05, 4.69) is 0 Å². The summed E-state index contributed by atoms with van der Waals surface area (Å²) in [7, 11) is 1.55. The van der Waals surface area contributed by atoms with Gasteiger partial charge in [-0.05, 0) is 32.1 Å². The number of carboxylic acids is 2. The molecule has 0 amide bonds. The number of ether oxygens (including phenoxy) is 1. The SMILES string of the molecule is CCC(CC)(C(=O)O)C(CC)(CC)C(CCC(=O)O)OC. The van der Waals surface area contributed by atoms with Crippen LogP contribution in [0.2, 0.25) is 0 Å². The highest BCUT2D eigenvalue weighted by atomic mass is 16.5. The van der Waals surface area contributed by atoms with Gasteiger partial charge in [0.1, 0.15) is 0 Å². The number of carbonyl (C=O) groups is 2. The van der Waals surface area contributed by atoms with E-state index in [4.69, 9.17) is 9.84 Å². The van der Waals surface area contributed by atoms with Gasteiger partial charge in [0.15, 0.2) is 0 Å². The molecule has 1 unspecified atom stereocenters. The van der Waals surface area contributed by atoms with Gasteiger partial charge >= 0.3 is 11.9 Å². The van der Waals surface area contributed by atoms with Crippen molar-refractivity contribution in [2.45, 2.75) is 72.3 Å². The van der Waals surface area contributed by atoms with Crippen LogP contribution in [0.1, 0.15) is 66.2 Å². The third kappa shape index (κ3) is 3.57. The highest BCUT2D eigenvalue weighted by Crippen LogP contribution is 2.54. The summed E-state index contributed by atoms with van der Waals surface area (Å²) in [6, 6.07) is 0. The van der Waals surface area contributed by atoms with Crippen molar-refractivity contribution >= 4 is 11.9 Å². The predicted molar refractivity (Wildman–Crippen MR) is 81.3 cm³/mol. The first-order chi connectivity index (χ1) is 9.81. The van der Waals surface area contributed by atoms with Crippen molar-refractivity contribution in [3.8, 4) is 0 Å². The second-order valence-electron chi connectivity index (χ2n) is 5.61. The Balaban J connectivity index is 5.84. The van der Waals surface area contributed by atoms with E-state index in [0.717, 1.165) is 0 Å². The maximum atomic E-state index is 12.0. The van der Waals surface area contributed by atoms with Crippen molar-refractivity contribution in [3.05, 3.63) is 0 Å². The molecule has 0 aromatic carbocycles. The van der Waals surface area contributed by atoms with Crippen LogP contribution in [0.3, 0.4) is 0 Å². The lowest BCUT2D eigenvalue weighted by Gasteiger charge is -2.51. The van der Waals surface area contributed by atoms with Gasteiger partial charge in [0.05, 0.1) is 11.5 Å². The molecule has 0 aromatic rings. The fourth-order valence-corrected chi connectivity index (χ4v) is 4.03. The quantitative estimate of drug-likeness (QED) is 0.609. The molecule has 0 aromatic heterocycles. The summed E-state index contributed by atoms with van der Waals surface area (Å²) < 4.78 is 5.58. The maximum absolute atomic E-state index is 12.0. The van der Waals surface area contributed by atoms with E-state index >= 15 is 0 Å². The average molecular weight is 302 g/mol. The van der Waals surface area contributed by atoms with E-state index in [-0.39, 0.29) is 12.5 Å². The average Bonchev–Trinajstić information content (AvgIpc) is 2.46. The van der Waals surface area contributed by atoms with E-state index in [1.165, 1.54) is 0 Å². The van der Waals surface area contributed by atoms with E-state index in [9.17, 15) is 14.7 Å². The molecular weight excluding hydrogens is 272 g/mol. The van der Waals surface area contributed by atoms with Crippen LogP contribution in [0.4, 0.5) is 0 Å². The van der Waals surface area contributed by atoms with Gasteiger partial charge in [-0.1, -0.05) is 27.7 Å². The summed E-state index contributed by atoms with van der Waals surface area (Å²) in [4.78, 5) is 22.9. The number of aliphatic carboxylic acids is 2. The molecule has 0 saturated carbocycles. The minimum Gasteiger partial charge on any atom is -0.481 e. The van der Waals surface area contributed by atoms with Crippen molar-refractivity contribution in [2.24, 2.45) is 10.8 Å². The Bertz CT molecular complexity index is 343. The number of methoxy groups -OCH3 is 1. The van der Waals surface area contributed by atoms with Crippen molar-refractivity contribution < 1.29 is 24.5 Å². The number of hydrogen-bond donors (Lipinski definition) is 2. The van der Waals surface area contributed by atoms with Crippen molar-refractivity contribution in [1.29, 1.82) is 0 Å². The standard InChI is InChI=1S/C16H30O5/c1-6-15(7-2,12(21-5)10-11-13(17)18)16(8-3,9-4)14(19)20/h12H,6-11H2,1-5H3,(H,17,18)(H,19,20). The van der Waals surface area contributed by atoms with Crippen LogP contribution in [0.5, 0.6) is 0 Å². The van der Waals surface area contributed by atoms with E-state index < -0.39 is 22.8 Å². The molecule has 0 fully saturated rings. The van der Waals surface area contributed by atoms with Gasteiger partial charge < -0.3 is 14.9 Å². The Hall–Kier alpha value is -1.10. The molecule has 5 nitrogen and oxygen atoms in total. The molecule has 0 spiro atoms. The molecule has 0 heterocycles. The maximum Gasteiger partial charge on any atom is 0.310 e. The molecule has 2 N–H and O–H groups in total. The van der Waals surface area contributed by atoms with Crippen LogP contribution in [-0.4, -0.2) is 35.4 Å². The zero-order valence-electron chi connectivity index (χ0n) is 13.9. The second-order valence-corrected chi connectivity index (χ2v) is 5.61. The summed E-state index contributed by atoms with van der Waals surface area (Å²) in [5.74, 6) is -1.69. The van der Waals surface area contributed by atoms with Gasteiger partial charge in [0, 0.05) is 18.9 Å². The number of rotatable bonds is 11. The summed E-state index contributed by atoms with van der Waals surface area (Å²) in [6.45, 7) is 7.72. The fraction of sp³-hybridized carbons (Fsp3) is 0.875. The molecule has 5 heteroatoms. The van der Waals surface area contributed by atoms with Crippen LogP contribution >= 0.6 is 0 Å². The molecule has 1 atom stereocenters. The van der Waals surface area contributed by atoms with Crippen LogP contribution in [0.25, 0.3) is 0 Å². The summed E-state index contributed by atoms with van der Waals surface area (Å²) in [5.41, 5.74) is -1.46. The molecule has 0 radical (unpaired) electrons. The lowest BCUT2D eigenvalue weighted by Crippen LogP contribution is -2.54. The van der Waals surface area contributed by atoms with E-state index in [1.54, 1.807) is 7.11 Å². The Morgan fingerprint density at radius 3 is 1.71 bits per heavy atom. The van der Waals surface area contributed by atoms with E-state index in [1.807, 2.05) is 27.7 Å². The topological polar surface area (TPSA) is 83.8 Å². The monoisotopic (exact) mass is 302 g/mol. The Labute approximate surface area is 127 Å². The molecule has 21 heavy (non-hydrogen) atoms. The largest absolute Gasteiger partial charge is 0.481 e. The molecule has 0 aliphatic carbocycles. The van der Waals surface area contributed by atoms with Crippen LogP contribution in [0, 0.1) is 10.8 Å². The predicted octanol–water partition coefficient (Wildman–Crippen LogP) is 3.56. The smallest absolute Gasteiger partial charge is 0.310 e. The molecule has 0 aliphatic rings. The van der Waals surface area contributed by atoms with Gasteiger partial charge in [-0.3, -0.25) is 9.59 Å². The molecule has 0 aliphatic heterocycles. The molecular formula is C16H30O5. The van der Waals surface area contributed by atoms with Crippen LogP contribution < -0.4 is 0 Å². The summed E-state index contributed by atoms with van der Waals surface area (Å²) in [5, 5.41) is 18.8. The Morgan fingerprint density at radius 2 is 1.48 bits per heavy atom. The third-order valence-electron chi connectivity index (χ3n) is 5.35. The highest BCUT2D eigenvalue weighted by Gasteiger charge is 2.56. The third-order valence-corrected chi connectivity index (χ3v) is 5.35. The van der Waals surface area contributed by atoms with Crippen molar-refractivity contribution in [3.63, 3.8) is 0 Å². The fourth-order valence-electron chi connectivity index (χ4n) is 4.03. The van der Waals surface area contributed by atoms with Crippen molar-refractivity contribution in [1.82, 2.24) is 0 Å². The lowest BCUT2D eigenvalue weighted by atomic mass is 9.54. The number of hydrogen-bond acceptors (Lipinski definition) is 3. The molecule has 0 bridgehead atoms. The molecule has 0 rings (SSSR count). The summed E-state index contributed by atoms with van der Waals surface area (Å²) >= 11 is 0. The zero-order chi connectivity index (χ0) is 16.7. The normalized spacial score (nSPS) is 14.0. The second kappa shape index (κ2) is 8.37. The minimum atomic E-state index is -0.893. The Kier molecular flexibility index (Phi) is 7.93. The zero-order valence-corrected chi connectivity index (χ0v) is 13.9. The first-order valence-electron chi connectivity index (χ1n) is 7.79. The minimum absolute atomic E-state index is 0.0105. The van der Waals surface area contributed by atoms with Crippen LogP contribution in [-0.2, 0) is 14.3 Å². The lowest BCUT2D eigenvalue weighted by molar-refractivity contribution is -0.175. The van der Waals surface area contributed by atoms with Crippen molar-refractivity contribution in [2.75, 3.05) is 7.11 Å². The molecule has 0 saturated heterocycles. The van der Waals surface area contributed by atoms with Gasteiger partial charge in [-0.2, -0.15) is 0 Å². The summed E-state index contributed by atoms with van der Waals surface area (Å²) in [6.07, 6.45) is 2.26. The van der Waals surface area contributed by atoms with Gasteiger partial charge in [-0.15, -0.1) is 0 Å². The van der Waals surface area contributed by atoms with Gasteiger partial charge in [0.25, 0.3) is 0 Å². The van der Waals surface area contributed by atoms with Gasteiger partial charge in [0.2, 0.25) is 0 Å². The first-order valence-corrected chi connectivity index (χ1v) is 7.79. The van der Waals surface area contributed by atoms with Crippen LogP contribution in [0.15, 0.2) is 0 Å². The first kappa shape index (κ1) is 19.9. The van der Waals surface area contributed by atoms with Gasteiger partial charge in [-0.25, -0.2) is 0 Å². The number of carboxylic acid groups (broad SMARTS) is 2. The molecule has 124 valence electrons. The van der Waals surface area contributed by atoms with E-state index in [0.29, 0.717) is 32.1 Å². The Morgan fingerprint density at radius 1 is 1.00 bits per heavy atom.